The van der Waals surface area contributed by atoms with Crippen molar-refractivity contribution in [2.45, 2.75) is 13.3 Å². The number of rotatable bonds is 7. The van der Waals surface area contributed by atoms with Crippen LogP contribution in [0, 0.1) is 0 Å². The van der Waals surface area contributed by atoms with E-state index in [9.17, 15) is 14.4 Å². The number of amides is 2. The van der Waals surface area contributed by atoms with Gasteiger partial charge in [-0.3, -0.25) is 9.59 Å². The predicted octanol–water partition coefficient (Wildman–Crippen LogP) is 2.92. The number of hydrogen-bond donors (Lipinski definition) is 1. The van der Waals surface area contributed by atoms with Gasteiger partial charge in [-0.2, -0.15) is 0 Å². The summed E-state index contributed by atoms with van der Waals surface area (Å²) in [6.45, 7) is 1.62. The van der Waals surface area contributed by atoms with Gasteiger partial charge in [-0.1, -0.05) is 6.07 Å². The first-order chi connectivity index (χ1) is 13.3. The molecule has 0 fully saturated rings. The number of hydrogen-bond acceptors (Lipinski definition) is 5. The number of nitrogens with zero attached hydrogens (tertiary/aromatic N) is 2. The molecule has 2 rings (SSSR count). The van der Waals surface area contributed by atoms with Crippen molar-refractivity contribution in [1.29, 1.82) is 0 Å². The molecule has 7 heteroatoms. The predicted molar refractivity (Wildman–Crippen MR) is 110 cm³/mol. The highest BCUT2D eigenvalue weighted by molar-refractivity contribution is 5.96. The van der Waals surface area contributed by atoms with Crippen molar-refractivity contribution in [3.63, 3.8) is 0 Å². The number of ether oxygens (including phenoxy) is 1. The largest absolute Gasteiger partial charge is 0.465 e. The maximum atomic E-state index is 12.3. The van der Waals surface area contributed by atoms with E-state index < -0.39 is 5.97 Å². The summed E-state index contributed by atoms with van der Waals surface area (Å²) in [7, 11) is 5.19. The monoisotopic (exact) mass is 383 g/mol. The molecule has 0 aliphatic heterocycles. The summed E-state index contributed by atoms with van der Waals surface area (Å²) in [5, 5.41) is 2.82. The van der Waals surface area contributed by atoms with Crippen LogP contribution in [0.2, 0.25) is 0 Å². The summed E-state index contributed by atoms with van der Waals surface area (Å²) in [5.41, 5.74) is 2.61. The van der Waals surface area contributed by atoms with Crippen molar-refractivity contribution in [3.05, 3.63) is 54.1 Å². The molecule has 0 aliphatic rings. The van der Waals surface area contributed by atoms with Crippen molar-refractivity contribution in [1.82, 2.24) is 0 Å². The number of carbonyl (C=O) groups excluding carboxylic acids is 3. The molecule has 28 heavy (non-hydrogen) atoms. The lowest BCUT2D eigenvalue weighted by Crippen LogP contribution is -2.32. The third-order valence-corrected chi connectivity index (χ3v) is 4.19. The lowest BCUT2D eigenvalue weighted by atomic mass is 10.1. The van der Waals surface area contributed by atoms with Crippen LogP contribution in [0.5, 0.6) is 0 Å². The van der Waals surface area contributed by atoms with E-state index in [-0.39, 0.29) is 24.8 Å². The highest BCUT2D eigenvalue weighted by Gasteiger charge is 2.16. The van der Waals surface area contributed by atoms with Crippen molar-refractivity contribution in [2.75, 3.05) is 42.9 Å². The molecule has 0 aliphatic carbocycles. The van der Waals surface area contributed by atoms with Gasteiger partial charge < -0.3 is 19.9 Å². The normalized spacial score (nSPS) is 10.1. The molecule has 0 aromatic heterocycles. The molecule has 0 heterocycles. The van der Waals surface area contributed by atoms with Crippen LogP contribution in [0.3, 0.4) is 0 Å². The zero-order valence-electron chi connectivity index (χ0n) is 16.6. The van der Waals surface area contributed by atoms with E-state index in [1.807, 2.05) is 43.3 Å². The standard InChI is InChI=1S/C21H25N3O4/c1-15(25)24(19-7-5-6-16(14-19)21(27)28-4)13-12-20(26)22-17-8-10-18(11-9-17)23(2)3/h5-11,14H,12-13H2,1-4H3,(H,22,26). The Kier molecular flexibility index (Phi) is 7.14. The van der Waals surface area contributed by atoms with E-state index in [4.69, 9.17) is 4.74 Å². The first-order valence-electron chi connectivity index (χ1n) is 8.85. The summed E-state index contributed by atoms with van der Waals surface area (Å²) in [5.74, 6) is -0.901. The van der Waals surface area contributed by atoms with Crippen molar-refractivity contribution >= 4 is 34.8 Å². The number of methoxy groups -OCH3 is 1. The highest BCUT2D eigenvalue weighted by atomic mass is 16.5. The molecule has 148 valence electrons. The summed E-state index contributed by atoms with van der Waals surface area (Å²) < 4.78 is 4.71. The molecule has 0 bridgehead atoms. The lowest BCUT2D eigenvalue weighted by molar-refractivity contribution is -0.117. The Bertz CT molecular complexity index is 847. The van der Waals surface area contributed by atoms with Crippen molar-refractivity contribution in [2.24, 2.45) is 0 Å². The molecule has 2 amide bonds. The van der Waals surface area contributed by atoms with Gasteiger partial charge in [-0.15, -0.1) is 0 Å². The van der Waals surface area contributed by atoms with E-state index in [0.717, 1.165) is 5.69 Å². The van der Waals surface area contributed by atoms with E-state index in [0.29, 0.717) is 16.9 Å². The maximum Gasteiger partial charge on any atom is 0.337 e. The Morgan fingerprint density at radius 3 is 2.25 bits per heavy atom. The van der Waals surface area contributed by atoms with Gasteiger partial charge in [0.2, 0.25) is 11.8 Å². The van der Waals surface area contributed by atoms with Gasteiger partial charge >= 0.3 is 5.97 Å². The Morgan fingerprint density at radius 1 is 1.00 bits per heavy atom. The zero-order valence-corrected chi connectivity index (χ0v) is 16.6. The Balaban J connectivity index is 2.02. The van der Waals surface area contributed by atoms with E-state index >= 15 is 0 Å². The van der Waals surface area contributed by atoms with Gasteiger partial charge in [0.05, 0.1) is 12.7 Å². The summed E-state index contributed by atoms with van der Waals surface area (Å²) in [6, 6.07) is 14.1. The fourth-order valence-electron chi connectivity index (χ4n) is 2.67. The highest BCUT2D eigenvalue weighted by Crippen LogP contribution is 2.19. The van der Waals surface area contributed by atoms with Gasteiger partial charge in [0.15, 0.2) is 0 Å². The molecule has 2 aromatic rings. The number of nitrogens with one attached hydrogen (secondary N) is 1. The van der Waals surface area contributed by atoms with Gasteiger partial charge in [0, 0.05) is 51.0 Å². The summed E-state index contributed by atoms with van der Waals surface area (Å²) >= 11 is 0. The van der Waals surface area contributed by atoms with Crippen LogP contribution in [-0.4, -0.2) is 45.5 Å². The fraction of sp³-hybridized carbons (Fsp3) is 0.286. The number of carbonyl (C=O) groups is 3. The molecular weight excluding hydrogens is 358 g/mol. The fourth-order valence-corrected chi connectivity index (χ4v) is 2.67. The second-order valence-corrected chi connectivity index (χ2v) is 6.45. The van der Waals surface area contributed by atoms with Crippen LogP contribution in [0.1, 0.15) is 23.7 Å². The zero-order chi connectivity index (χ0) is 20.7. The van der Waals surface area contributed by atoms with Gasteiger partial charge in [-0.05, 0) is 42.5 Å². The number of anilines is 3. The molecule has 0 unspecified atom stereocenters. The van der Waals surface area contributed by atoms with E-state index in [1.54, 1.807) is 24.3 Å². The molecule has 0 atom stereocenters. The molecule has 1 N–H and O–H groups in total. The van der Waals surface area contributed by atoms with Crippen LogP contribution in [0.25, 0.3) is 0 Å². The topological polar surface area (TPSA) is 79.0 Å². The van der Waals surface area contributed by atoms with E-state index in [2.05, 4.69) is 5.32 Å². The minimum Gasteiger partial charge on any atom is -0.465 e. The average molecular weight is 383 g/mol. The minimum absolute atomic E-state index is 0.122. The van der Waals surface area contributed by atoms with Crippen molar-refractivity contribution < 1.29 is 19.1 Å². The Morgan fingerprint density at radius 2 is 1.68 bits per heavy atom. The quantitative estimate of drug-likeness (QED) is 0.744. The first kappa shape index (κ1) is 21.0. The van der Waals surface area contributed by atoms with Gasteiger partial charge in [0.1, 0.15) is 0 Å². The molecule has 0 saturated carbocycles. The van der Waals surface area contributed by atoms with Crippen molar-refractivity contribution in [3.8, 4) is 0 Å². The second-order valence-electron chi connectivity index (χ2n) is 6.45. The van der Waals surface area contributed by atoms with Crippen LogP contribution in [-0.2, 0) is 14.3 Å². The number of esters is 1. The number of benzene rings is 2. The molecule has 2 aromatic carbocycles. The Hall–Kier alpha value is -3.35. The molecule has 0 spiro atoms. The second kappa shape index (κ2) is 9.55. The van der Waals surface area contributed by atoms with Crippen LogP contribution < -0.4 is 15.1 Å². The van der Waals surface area contributed by atoms with Gasteiger partial charge in [0.25, 0.3) is 0 Å². The third-order valence-electron chi connectivity index (χ3n) is 4.19. The lowest BCUT2D eigenvalue weighted by Gasteiger charge is -2.21. The molecule has 0 saturated heterocycles. The van der Waals surface area contributed by atoms with E-state index in [1.165, 1.54) is 18.9 Å². The minimum atomic E-state index is -0.482. The van der Waals surface area contributed by atoms with Gasteiger partial charge in [-0.25, -0.2) is 4.79 Å². The Labute approximate surface area is 164 Å². The smallest absolute Gasteiger partial charge is 0.337 e. The third kappa shape index (κ3) is 5.57. The first-order valence-corrected chi connectivity index (χ1v) is 8.85. The summed E-state index contributed by atoms with van der Waals surface area (Å²) in [6.07, 6.45) is 0.122. The maximum absolute atomic E-state index is 12.3. The van der Waals surface area contributed by atoms with Crippen LogP contribution in [0.4, 0.5) is 17.1 Å². The average Bonchev–Trinajstić information content (AvgIpc) is 2.68. The van der Waals surface area contributed by atoms with Crippen LogP contribution in [0.15, 0.2) is 48.5 Å². The molecular formula is C21H25N3O4. The summed E-state index contributed by atoms with van der Waals surface area (Å²) in [4.78, 5) is 39.4. The molecule has 7 nitrogen and oxygen atoms in total. The van der Waals surface area contributed by atoms with Crippen LogP contribution >= 0.6 is 0 Å². The molecule has 0 radical (unpaired) electrons. The SMILES string of the molecule is COC(=O)c1cccc(N(CCC(=O)Nc2ccc(N(C)C)cc2)C(C)=O)c1.